The molecule has 2 rings (SSSR count). The fourth-order valence-electron chi connectivity index (χ4n) is 2.33. The van der Waals surface area contributed by atoms with Crippen LogP contribution in [0.3, 0.4) is 0 Å². The van der Waals surface area contributed by atoms with E-state index < -0.39 is 18.0 Å². The summed E-state index contributed by atoms with van der Waals surface area (Å²) in [6.45, 7) is 5.53. The van der Waals surface area contributed by atoms with Crippen LogP contribution in [0, 0.1) is 0 Å². The van der Waals surface area contributed by atoms with Gasteiger partial charge in [-0.2, -0.15) is 18.2 Å². The SMILES string of the molecule is C=CCc1cc(-c2noc(C(F)(F)F)n2)ccc1C(=O)NC(=O)CCCC. The van der Waals surface area contributed by atoms with E-state index in [1.807, 2.05) is 6.92 Å². The number of nitrogens with one attached hydrogen (secondary N) is 1. The quantitative estimate of drug-likeness (QED) is 0.735. The van der Waals surface area contributed by atoms with Gasteiger partial charge in [-0.15, -0.1) is 6.58 Å². The number of nitrogens with zero attached hydrogens (tertiary/aromatic N) is 2. The number of imide groups is 1. The van der Waals surface area contributed by atoms with E-state index in [-0.39, 0.29) is 35.7 Å². The monoisotopic (exact) mass is 381 g/mol. The molecule has 9 heteroatoms. The number of halogens is 3. The minimum absolute atomic E-state index is 0.225. The van der Waals surface area contributed by atoms with E-state index in [0.717, 1.165) is 6.42 Å². The minimum atomic E-state index is -4.74. The van der Waals surface area contributed by atoms with Crippen molar-refractivity contribution in [2.24, 2.45) is 0 Å². The van der Waals surface area contributed by atoms with Crippen LogP contribution in [-0.2, 0) is 17.4 Å². The van der Waals surface area contributed by atoms with E-state index in [4.69, 9.17) is 0 Å². The number of amides is 2. The highest BCUT2D eigenvalue weighted by atomic mass is 19.4. The Kier molecular flexibility index (Phi) is 6.49. The first kappa shape index (κ1) is 20.3. The Hall–Kier alpha value is -2.97. The summed E-state index contributed by atoms with van der Waals surface area (Å²) in [4.78, 5) is 27.4. The fraction of sp³-hybridized carbons (Fsp3) is 0.333. The Labute approximate surface area is 153 Å². The molecule has 2 amide bonds. The third-order valence-corrected chi connectivity index (χ3v) is 3.65. The number of hydrogen-bond donors (Lipinski definition) is 1. The molecule has 0 atom stereocenters. The van der Waals surface area contributed by atoms with Gasteiger partial charge < -0.3 is 4.52 Å². The number of alkyl halides is 3. The van der Waals surface area contributed by atoms with E-state index in [9.17, 15) is 22.8 Å². The lowest BCUT2D eigenvalue weighted by Gasteiger charge is -2.09. The topological polar surface area (TPSA) is 85.1 Å². The molecule has 0 spiro atoms. The summed E-state index contributed by atoms with van der Waals surface area (Å²) in [5, 5.41) is 5.63. The number of aromatic nitrogens is 2. The van der Waals surface area contributed by atoms with Crippen molar-refractivity contribution in [1.82, 2.24) is 15.5 Å². The molecule has 0 saturated carbocycles. The predicted octanol–water partition coefficient (Wildman–Crippen LogP) is 3.93. The van der Waals surface area contributed by atoms with Crippen molar-refractivity contribution in [2.75, 3.05) is 0 Å². The normalized spacial score (nSPS) is 11.3. The maximum atomic E-state index is 12.6. The first-order valence-electron chi connectivity index (χ1n) is 8.25. The Morgan fingerprint density at radius 1 is 1.33 bits per heavy atom. The van der Waals surface area contributed by atoms with Crippen molar-refractivity contribution in [3.05, 3.63) is 47.9 Å². The van der Waals surface area contributed by atoms with Crippen LogP contribution in [0.4, 0.5) is 13.2 Å². The summed E-state index contributed by atoms with van der Waals surface area (Å²) in [7, 11) is 0. The lowest BCUT2D eigenvalue weighted by Crippen LogP contribution is -2.30. The molecule has 2 aromatic rings. The van der Waals surface area contributed by atoms with Crippen molar-refractivity contribution in [1.29, 1.82) is 0 Å². The van der Waals surface area contributed by atoms with Gasteiger partial charge in [-0.1, -0.05) is 30.6 Å². The standard InChI is InChI=1S/C18H18F3N3O3/c1-3-5-7-14(25)22-16(26)13-9-8-12(10-11(13)6-4-2)15-23-17(27-24-15)18(19,20)21/h4,8-10H,2-3,5-7H2,1H3,(H,22,25,26). The van der Waals surface area contributed by atoms with Crippen LogP contribution in [0.1, 0.15) is 48.0 Å². The van der Waals surface area contributed by atoms with Crippen LogP contribution in [-0.4, -0.2) is 22.0 Å². The van der Waals surface area contributed by atoms with Crippen LogP contribution < -0.4 is 5.32 Å². The van der Waals surface area contributed by atoms with Crippen molar-refractivity contribution in [3.63, 3.8) is 0 Å². The molecule has 144 valence electrons. The van der Waals surface area contributed by atoms with Gasteiger partial charge >= 0.3 is 12.1 Å². The lowest BCUT2D eigenvalue weighted by molar-refractivity contribution is -0.159. The molecule has 0 aliphatic carbocycles. The van der Waals surface area contributed by atoms with Gasteiger partial charge in [0.25, 0.3) is 5.91 Å². The maximum Gasteiger partial charge on any atom is 0.471 e. The fourth-order valence-corrected chi connectivity index (χ4v) is 2.33. The minimum Gasteiger partial charge on any atom is -0.329 e. The van der Waals surface area contributed by atoms with Crippen LogP contribution in [0.25, 0.3) is 11.4 Å². The summed E-state index contributed by atoms with van der Waals surface area (Å²) in [5.74, 6) is -2.67. The molecule has 1 heterocycles. The molecule has 6 nitrogen and oxygen atoms in total. The average Bonchev–Trinajstić information content (AvgIpc) is 3.10. The lowest BCUT2D eigenvalue weighted by atomic mass is 10.00. The molecule has 0 saturated heterocycles. The molecule has 0 fully saturated rings. The van der Waals surface area contributed by atoms with E-state index in [1.54, 1.807) is 0 Å². The first-order chi connectivity index (χ1) is 12.8. The molecule has 27 heavy (non-hydrogen) atoms. The predicted molar refractivity (Wildman–Crippen MR) is 90.6 cm³/mol. The molecule has 1 N–H and O–H groups in total. The van der Waals surface area contributed by atoms with E-state index in [1.165, 1.54) is 24.3 Å². The number of allylic oxidation sites excluding steroid dienone is 1. The molecular formula is C18H18F3N3O3. The van der Waals surface area contributed by atoms with Crippen LogP contribution in [0.5, 0.6) is 0 Å². The Morgan fingerprint density at radius 3 is 2.67 bits per heavy atom. The molecule has 0 aliphatic rings. The zero-order valence-corrected chi connectivity index (χ0v) is 14.6. The highest BCUT2D eigenvalue weighted by molar-refractivity contribution is 6.05. The molecular weight excluding hydrogens is 363 g/mol. The van der Waals surface area contributed by atoms with E-state index in [0.29, 0.717) is 12.0 Å². The third kappa shape index (κ3) is 5.25. The van der Waals surface area contributed by atoms with E-state index >= 15 is 0 Å². The number of rotatable bonds is 7. The van der Waals surface area contributed by atoms with Crippen LogP contribution in [0.15, 0.2) is 35.4 Å². The Balaban J connectivity index is 2.28. The highest BCUT2D eigenvalue weighted by Gasteiger charge is 2.38. The summed E-state index contributed by atoms with van der Waals surface area (Å²) >= 11 is 0. The summed E-state index contributed by atoms with van der Waals surface area (Å²) < 4.78 is 42.0. The van der Waals surface area contributed by atoms with Gasteiger partial charge in [0.15, 0.2) is 0 Å². The number of carbonyl (C=O) groups is 2. The zero-order chi connectivity index (χ0) is 20.0. The molecule has 0 aliphatic heterocycles. The smallest absolute Gasteiger partial charge is 0.329 e. The largest absolute Gasteiger partial charge is 0.471 e. The highest BCUT2D eigenvalue weighted by Crippen LogP contribution is 2.30. The van der Waals surface area contributed by atoms with Gasteiger partial charge in [0.05, 0.1) is 0 Å². The van der Waals surface area contributed by atoms with Crippen LogP contribution in [0.2, 0.25) is 0 Å². The molecule has 1 aromatic carbocycles. The maximum absolute atomic E-state index is 12.6. The molecule has 1 aromatic heterocycles. The molecule has 0 radical (unpaired) electrons. The second-order valence-corrected chi connectivity index (χ2v) is 5.77. The number of carbonyl (C=O) groups excluding carboxylic acids is 2. The van der Waals surface area contributed by atoms with Crippen LogP contribution >= 0.6 is 0 Å². The van der Waals surface area contributed by atoms with Gasteiger partial charge in [0, 0.05) is 17.5 Å². The first-order valence-corrected chi connectivity index (χ1v) is 8.25. The number of unbranched alkanes of at least 4 members (excludes halogenated alkanes) is 1. The van der Waals surface area contributed by atoms with Gasteiger partial charge in [0.2, 0.25) is 11.7 Å². The van der Waals surface area contributed by atoms with Gasteiger partial charge in [0.1, 0.15) is 0 Å². The van der Waals surface area contributed by atoms with Gasteiger partial charge in [-0.05, 0) is 30.5 Å². The number of hydrogen-bond acceptors (Lipinski definition) is 5. The number of benzene rings is 1. The van der Waals surface area contributed by atoms with Crippen molar-refractivity contribution < 1.29 is 27.3 Å². The second-order valence-electron chi connectivity index (χ2n) is 5.77. The molecule has 0 unspecified atom stereocenters. The third-order valence-electron chi connectivity index (χ3n) is 3.65. The van der Waals surface area contributed by atoms with E-state index in [2.05, 4.69) is 26.6 Å². The van der Waals surface area contributed by atoms with Crippen molar-refractivity contribution in [3.8, 4) is 11.4 Å². The van der Waals surface area contributed by atoms with Crippen molar-refractivity contribution in [2.45, 2.75) is 38.8 Å². The Morgan fingerprint density at radius 2 is 2.07 bits per heavy atom. The Bertz CT molecular complexity index is 844. The summed E-state index contributed by atoms with van der Waals surface area (Å²) in [5.41, 5.74) is 0.949. The van der Waals surface area contributed by atoms with Gasteiger partial charge in [-0.25, -0.2) is 0 Å². The second kappa shape index (κ2) is 8.61. The summed E-state index contributed by atoms with van der Waals surface area (Å²) in [6.07, 6.45) is -1.22. The van der Waals surface area contributed by atoms with Crippen molar-refractivity contribution >= 4 is 11.8 Å². The van der Waals surface area contributed by atoms with Gasteiger partial charge in [-0.3, -0.25) is 14.9 Å². The molecule has 0 bridgehead atoms. The average molecular weight is 381 g/mol. The zero-order valence-electron chi connectivity index (χ0n) is 14.6. The summed E-state index contributed by atoms with van der Waals surface area (Å²) in [6, 6.07) is 4.27.